The van der Waals surface area contributed by atoms with Crippen molar-refractivity contribution in [2.75, 3.05) is 46.8 Å². The van der Waals surface area contributed by atoms with Gasteiger partial charge in [0.1, 0.15) is 0 Å². The van der Waals surface area contributed by atoms with Gasteiger partial charge in [-0.2, -0.15) is 0 Å². The number of piperazine rings is 1. The molecule has 1 heterocycles. The monoisotopic (exact) mass is 297 g/mol. The molecule has 0 aromatic carbocycles. The maximum atomic E-state index is 12.5. The van der Waals surface area contributed by atoms with Crippen LogP contribution in [-0.2, 0) is 4.79 Å². The smallest absolute Gasteiger partial charge is 0.239 e. The average Bonchev–Trinajstić information content (AvgIpc) is 2.91. The van der Waals surface area contributed by atoms with E-state index in [4.69, 9.17) is 0 Å². The van der Waals surface area contributed by atoms with Gasteiger partial charge in [-0.15, -0.1) is 0 Å². The van der Waals surface area contributed by atoms with E-state index in [1.54, 1.807) is 4.90 Å². The molecule has 122 valence electrons. The van der Waals surface area contributed by atoms with Crippen LogP contribution in [0.5, 0.6) is 0 Å². The predicted octanol–water partition coefficient (Wildman–Crippen LogP) is 0.776. The molecule has 0 aromatic heterocycles. The van der Waals surface area contributed by atoms with Crippen molar-refractivity contribution in [1.82, 2.24) is 14.7 Å². The van der Waals surface area contributed by atoms with Crippen LogP contribution in [0, 0.1) is 0 Å². The van der Waals surface area contributed by atoms with Gasteiger partial charge in [0.2, 0.25) is 5.91 Å². The van der Waals surface area contributed by atoms with Crippen molar-refractivity contribution >= 4 is 5.91 Å². The van der Waals surface area contributed by atoms with Crippen LogP contribution in [-0.4, -0.2) is 84.2 Å². The van der Waals surface area contributed by atoms with E-state index in [0.717, 1.165) is 51.9 Å². The lowest BCUT2D eigenvalue weighted by Gasteiger charge is -2.37. The molecule has 1 aliphatic heterocycles. The van der Waals surface area contributed by atoms with E-state index in [9.17, 15) is 9.90 Å². The maximum Gasteiger partial charge on any atom is 0.239 e. The molecule has 2 aliphatic rings. The van der Waals surface area contributed by atoms with Gasteiger partial charge < -0.3 is 14.9 Å². The summed E-state index contributed by atoms with van der Waals surface area (Å²) in [7, 11) is 3.99. The summed E-state index contributed by atoms with van der Waals surface area (Å²) >= 11 is 0. The molecule has 0 unspecified atom stereocenters. The molecule has 2 fully saturated rings. The van der Waals surface area contributed by atoms with E-state index < -0.39 is 5.60 Å². The molecule has 21 heavy (non-hydrogen) atoms. The van der Waals surface area contributed by atoms with Crippen molar-refractivity contribution in [3.8, 4) is 0 Å². The van der Waals surface area contributed by atoms with E-state index in [-0.39, 0.29) is 11.9 Å². The summed E-state index contributed by atoms with van der Waals surface area (Å²) in [5.41, 5.74) is -0.522. The summed E-state index contributed by atoms with van der Waals surface area (Å²) in [6.45, 7) is 6.65. The first-order chi connectivity index (χ1) is 9.91. The van der Waals surface area contributed by atoms with Crippen molar-refractivity contribution in [3.05, 3.63) is 0 Å². The minimum Gasteiger partial charge on any atom is -0.390 e. The first kappa shape index (κ1) is 16.7. The Balaban J connectivity index is 1.78. The number of hydrogen-bond donors (Lipinski definition) is 1. The zero-order valence-electron chi connectivity index (χ0n) is 13.8. The molecule has 5 heteroatoms. The fourth-order valence-corrected chi connectivity index (χ4v) is 3.45. The number of amides is 1. The highest BCUT2D eigenvalue weighted by Crippen LogP contribution is 2.32. The molecule has 2 rings (SSSR count). The van der Waals surface area contributed by atoms with Crippen LogP contribution in [0.4, 0.5) is 0 Å². The van der Waals surface area contributed by atoms with Crippen molar-refractivity contribution in [3.63, 3.8) is 0 Å². The van der Waals surface area contributed by atoms with Crippen LogP contribution in [0.15, 0.2) is 0 Å². The molecule has 1 atom stereocenters. The molecule has 1 N–H and O–H groups in total. The Morgan fingerprint density at radius 1 is 1.24 bits per heavy atom. The van der Waals surface area contributed by atoms with E-state index in [1.165, 1.54) is 0 Å². The summed E-state index contributed by atoms with van der Waals surface area (Å²) in [4.78, 5) is 18.9. The number of likely N-dealkylation sites (N-methyl/N-ethyl adjacent to an activating group) is 2. The van der Waals surface area contributed by atoms with Gasteiger partial charge in [0.15, 0.2) is 0 Å². The second-order valence-corrected chi connectivity index (χ2v) is 6.96. The van der Waals surface area contributed by atoms with Crippen LogP contribution in [0.1, 0.15) is 39.0 Å². The van der Waals surface area contributed by atoms with Crippen molar-refractivity contribution in [2.24, 2.45) is 0 Å². The Kier molecular flexibility index (Phi) is 5.63. The second-order valence-electron chi connectivity index (χ2n) is 6.96. The molecule has 0 spiro atoms. The molecular weight excluding hydrogens is 266 g/mol. The zero-order chi connectivity index (χ0) is 15.5. The summed E-state index contributed by atoms with van der Waals surface area (Å²) in [5.74, 6) is 0.182. The normalized spacial score (nSPS) is 25.0. The highest BCUT2D eigenvalue weighted by molar-refractivity contribution is 5.81. The largest absolute Gasteiger partial charge is 0.390 e. The van der Waals surface area contributed by atoms with Gasteiger partial charge in [0, 0.05) is 39.8 Å². The Morgan fingerprint density at radius 3 is 2.38 bits per heavy atom. The summed E-state index contributed by atoms with van der Waals surface area (Å²) in [6, 6.07) is -0.0538. The molecular formula is C16H31N3O2. The molecule has 0 bridgehead atoms. The third-order valence-electron chi connectivity index (χ3n) is 5.27. The molecule has 1 saturated heterocycles. The van der Waals surface area contributed by atoms with E-state index in [1.807, 2.05) is 14.0 Å². The first-order valence-corrected chi connectivity index (χ1v) is 8.31. The number of carbonyl (C=O) groups excluding carboxylic acids is 1. The average molecular weight is 297 g/mol. The van der Waals surface area contributed by atoms with Crippen LogP contribution >= 0.6 is 0 Å². The topological polar surface area (TPSA) is 47.0 Å². The van der Waals surface area contributed by atoms with Crippen LogP contribution in [0.3, 0.4) is 0 Å². The lowest BCUT2D eigenvalue weighted by molar-refractivity contribution is -0.136. The van der Waals surface area contributed by atoms with E-state index in [2.05, 4.69) is 16.8 Å². The van der Waals surface area contributed by atoms with Gasteiger partial charge in [-0.1, -0.05) is 12.8 Å². The van der Waals surface area contributed by atoms with Crippen LogP contribution < -0.4 is 0 Å². The standard InChI is InChI=1S/C16H31N3O2/c1-14(19-12-10-17(2)11-13-19)15(20)18(3)9-8-16(21)6-4-5-7-16/h14,21H,4-13H2,1-3H3/t14-/m0/s1. The highest BCUT2D eigenvalue weighted by atomic mass is 16.3. The van der Waals surface area contributed by atoms with E-state index in [0.29, 0.717) is 13.0 Å². The lowest BCUT2D eigenvalue weighted by atomic mass is 9.98. The fraction of sp³-hybridized carbons (Fsp3) is 0.938. The second kappa shape index (κ2) is 7.07. The van der Waals surface area contributed by atoms with E-state index >= 15 is 0 Å². The third kappa shape index (κ3) is 4.41. The Morgan fingerprint density at radius 2 is 1.81 bits per heavy atom. The summed E-state index contributed by atoms with van der Waals surface area (Å²) in [6.07, 6.45) is 4.73. The number of carbonyl (C=O) groups is 1. The number of hydrogen-bond acceptors (Lipinski definition) is 4. The van der Waals surface area contributed by atoms with Gasteiger partial charge in [0.25, 0.3) is 0 Å². The van der Waals surface area contributed by atoms with Gasteiger partial charge in [-0.3, -0.25) is 9.69 Å². The quantitative estimate of drug-likeness (QED) is 0.814. The Labute approximate surface area is 128 Å². The first-order valence-electron chi connectivity index (χ1n) is 8.31. The number of aliphatic hydroxyl groups is 1. The number of nitrogens with zero attached hydrogens (tertiary/aromatic N) is 3. The molecule has 0 aromatic rings. The SMILES string of the molecule is C[C@@H](C(=O)N(C)CCC1(O)CCCC1)N1CCN(C)CC1. The van der Waals surface area contributed by atoms with Crippen molar-refractivity contribution in [2.45, 2.75) is 50.7 Å². The molecule has 1 saturated carbocycles. The van der Waals surface area contributed by atoms with Gasteiger partial charge in [0.05, 0.1) is 11.6 Å². The molecule has 5 nitrogen and oxygen atoms in total. The Hall–Kier alpha value is -0.650. The maximum absolute atomic E-state index is 12.5. The number of rotatable bonds is 5. The molecule has 1 amide bonds. The minimum atomic E-state index is -0.522. The molecule has 1 aliphatic carbocycles. The van der Waals surface area contributed by atoms with Crippen molar-refractivity contribution in [1.29, 1.82) is 0 Å². The van der Waals surface area contributed by atoms with Gasteiger partial charge >= 0.3 is 0 Å². The minimum absolute atomic E-state index is 0.0538. The van der Waals surface area contributed by atoms with Crippen LogP contribution in [0.25, 0.3) is 0 Å². The van der Waals surface area contributed by atoms with Crippen LogP contribution in [0.2, 0.25) is 0 Å². The predicted molar refractivity (Wildman–Crippen MR) is 84.2 cm³/mol. The third-order valence-corrected chi connectivity index (χ3v) is 5.27. The zero-order valence-corrected chi connectivity index (χ0v) is 13.8. The summed E-state index contributed by atoms with van der Waals surface area (Å²) in [5, 5.41) is 10.4. The Bertz CT molecular complexity index is 347. The van der Waals surface area contributed by atoms with Crippen molar-refractivity contribution < 1.29 is 9.90 Å². The molecule has 0 radical (unpaired) electrons. The summed E-state index contributed by atoms with van der Waals surface area (Å²) < 4.78 is 0. The highest BCUT2D eigenvalue weighted by Gasteiger charge is 2.32. The van der Waals surface area contributed by atoms with Gasteiger partial charge in [-0.05, 0) is 33.2 Å². The fourth-order valence-electron chi connectivity index (χ4n) is 3.45. The lowest BCUT2D eigenvalue weighted by Crippen LogP contribution is -2.53. The van der Waals surface area contributed by atoms with Gasteiger partial charge in [-0.25, -0.2) is 0 Å².